The summed E-state index contributed by atoms with van der Waals surface area (Å²) in [5.41, 5.74) is 6.09. The summed E-state index contributed by atoms with van der Waals surface area (Å²) in [6, 6.07) is 0. The SMILES string of the molecule is C=C/C(C)=C\C=C/Cc1nc(C(N)=O)n[nH]1. The minimum absolute atomic E-state index is 0.0150. The van der Waals surface area contributed by atoms with Crippen LogP contribution in [0.25, 0.3) is 0 Å². The average molecular weight is 218 g/mol. The van der Waals surface area contributed by atoms with Crippen LogP contribution in [0.4, 0.5) is 0 Å². The van der Waals surface area contributed by atoms with E-state index in [2.05, 4.69) is 21.8 Å². The van der Waals surface area contributed by atoms with E-state index >= 15 is 0 Å². The van der Waals surface area contributed by atoms with Crippen molar-refractivity contribution in [3.8, 4) is 0 Å². The minimum atomic E-state index is -0.631. The van der Waals surface area contributed by atoms with Crippen molar-refractivity contribution in [3.63, 3.8) is 0 Å². The number of carbonyl (C=O) groups is 1. The summed E-state index contributed by atoms with van der Waals surface area (Å²) in [7, 11) is 0. The summed E-state index contributed by atoms with van der Waals surface area (Å²) in [5.74, 6) is -0.00945. The van der Waals surface area contributed by atoms with Gasteiger partial charge in [-0.2, -0.15) is 0 Å². The molecule has 3 N–H and O–H groups in total. The van der Waals surface area contributed by atoms with Crippen molar-refractivity contribution in [2.24, 2.45) is 5.73 Å². The number of hydrogen-bond acceptors (Lipinski definition) is 3. The van der Waals surface area contributed by atoms with Crippen LogP contribution in [0, 0.1) is 0 Å². The highest BCUT2D eigenvalue weighted by Crippen LogP contribution is 1.96. The molecular weight excluding hydrogens is 204 g/mol. The first kappa shape index (κ1) is 11.9. The van der Waals surface area contributed by atoms with E-state index in [1.165, 1.54) is 0 Å². The van der Waals surface area contributed by atoms with Crippen LogP contribution >= 0.6 is 0 Å². The Kier molecular flexibility index (Phi) is 4.20. The van der Waals surface area contributed by atoms with Gasteiger partial charge < -0.3 is 5.73 Å². The highest BCUT2D eigenvalue weighted by Gasteiger charge is 2.06. The summed E-state index contributed by atoms with van der Waals surface area (Å²) >= 11 is 0. The number of rotatable bonds is 5. The van der Waals surface area contributed by atoms with E-state index in [4.69, 9.17) is 5.73 Å². The van der Waals surface area contributed by atoms with Crippen LogP contribution < -0.4 is 5.73 Å². The average Bonchev–Trinajstić information content (AvgIpc) is 2.72. The quantitative estimate of drug-likeness (QED) is 0.726. The van der Waals surface area contributed by atoms with Crippen molar-refractivity contribution in [1.29, 1.82) is 0 Å². The lowest BCUT2D eigenvalue weighted by atomic mass is 10.2. The molecule has 0 saturated carbocycles. The number of nitrogens with zero attached hydrogens (tertiary/aromatic N) is 2. The smallest absolute Gasteiger partial charge is 0.288 e. The molecule has 16 heavy (non-hydrogen) atoms. The Morgan fingerprint density at radius 1 is 1.62 bits per heavy atom. The fraction of sp³-hybridized carbons (Fsp3) is 0.182. The number of hydrogen-bond donors (Lipinski definition) is 2. The lowest BCUT2D eigenvalue weighted by Gasteiger charge is -1.86. The molecule has 1 rings (SSSR count). The number of nitrogens with two attached hydrogens (primary N) is 1. The molecule has 0 unspecified atom stereocenters. The second-order valence-electron chi connectivity index (χ2n) is 3.22. The third kappa shape index (κ3) is 3.53. The van der Waals surface area contributed by atoms with E-state index in [0.717, 1.165) is 5.57 Å². The predicted molar refractivity (Wildman–Crippen MR) is 61.7 cm³/mol. The van der Waals surface area contributed by atoms with Crippen LogP contribution in [-0.4, -0.2) is 21.1 Å². The summed E-state index contributed by atoms with van der Waals surface area (Å²) in [4.78, 5) is 14.6. The molecule has 0 aromatic carbocycles. The van der Waals surface area contributed by atoms with Gasteiger partial charge in [0.25, 0.3) is 5.91 Å². The molecule has 0 atom stereocenters. The zero-order chi connectivity index (χ0) is 12.0. The topological polar surface area (TPSA) is 84.7 Å². The van der Waals surface area contributed by atoms with E-state index in [1.807, 2.05) is 25.2 Å². The fourth-order valence-corrected chi connectivity index (χ4v) is 0.964. The van der Waals surface area contributed by atoms with Crippen LogP contribution in [0.1, 0.15) is 23.4 Å². The first-order chi connectivity index (χ1) is 7.63. The molecular formula is C11H14N4O. The van der Waals surface area contributed by atoms with Crippen molar-refractivity contribution >= 4 is 5.91 Å². The number of nitrogens with one attached hydrogen (secondary N) is 1. The molecule has 0 aliphatic rings. The molecule has 0 bridgehead atoms. The molecule has 1 amide bonds. The lowest BCUT2D eigenvalue weighted by molar-refractivity contribution is 0.0991. The molecule has 0 fully saturated rings. The Balaban J connectivity index is 2.55. The predicted octanol–water partition coefficient (Wildman–Crippen LogP) is 1.13. The molecule has 1 aromatic rings. The lowest BCUT2D eigenvalue weighted by Crippen LogP contribution is -2.12. The number of allylic oxidation sites excluding steroid dienone is 5. The zero-order valence-corrected chi connectivity index (χ0v) is 9.10. The highest BCUT2D eigenvalue weighted by molar-refractivity contribution is 5.88. The van der Waals surface area contributed by atoms with Crippen LogP contribution in [0.3, 0.4) is 0 Å². The van der Waals surface area contributed by atoms with Crippen LogP contribution in [-0.2, 0) is 6.42 Å². The van der Waals surface area contributed by atoms with E-state index in [-0.39, 0.29) is 5.82 Å². The van der Waals surface area contributed by atoms with Crippen molar-refractivity contribution in [2.45, 2.75) is 13.3 Å². The second-order valence-corrected chi connectivity index (χ2v) is 3.22. The molecule has 84 valence electrons. The largest absolute Gasteiger partial charge is 0.363 e. The maximum absolute atomic E-state index is 10.7. The van der Waals surface area contributed by atoms with Crippen molar-refractivity contribution in [2.75, 3.05) is 0 Å². The van der Waals surface area contributed by atoms with Gasteiger partial charge in [0, 0.05) is 6.42 Å². The number of aromatic amines is 1. The third-order valence-corrected chi connectivity index (χ3v) is 1.88. The van der Waals surface area contributed by atoms with Gasteiger partial charge in [-0.1, -0.05) is 36.5 Å². The molecule has 1 heterocycles. The molecule has 0 saturated heterocycles. The van der Waals surface area contributed by atoms with Gasteiger partial charge in [-0.05, 0) is 6.92 Å². The number of carbonyl (C=O) groups excluding carboxylic acids is 1. The number of aromatic nitrogens is 3. The Bertz CT molecular complexity index is 443. The van der Waals surface area contributed by atoms with E-state index in [1.54, 1.807) is 6.08 Å². The van der Waals surface area contributed by atoms with Crippen LogP contribution in [0.15, 0.2) is 36.5 Å². The first-order valence-electron chi connectivity index (χ1n) is 4.80. The Morgan fingerprint density at radius 3 is 2.94 bits per heavy atom. The molecule has 0 aliphatic heterocycles. The summed E-state index contributed by atoms with van der Waals surface area (Å²) in [5, 5.41) is 6.30. The van der Waals surface area contributed by atoms with Gasteiger partial charge >= 0.3 is 0 Å². The van der Waals surface area contributed by atoms with Gasteiger partial charge in [0.1, 0.15) is 5.82 Å². The van der Waals surface area contributed by atoms with Gasteiger partial charge in [-0.25, -0.2) is 4.98 Å². The second kappa shape index (κ2) is 5.65. The van der Waals surface area contributed by atoms with Crippen LogP contribution in [0.5, 0.6) is 0 Å². The first-order valence-corrected chi connectivity index (χ1v) is 4.80. The zero-order valence-electron chi connectivity index (χ0n) is 9.10. The minimum Gasteiger partial charge on any atom is -0.363 e. The normalized spacial score (nSPS) is 11.9. The third-order valence-electron chi connectivity index (χ3n) is 1.88. The van der Waals surface area contributed by atoms with E-state index in [9.17, 15) is 4.79 Å². The van der Waals surface area contributed by atoms with Crippen molar-refractivity contribution < 1.29 is 4.79 Å². The molecule has 1 aromatic heterocycles. The van der Waals surface area contributed by atoms with E-state index < -0.39 is 5.91 Å². The van der Waals surface area contributed by atoms with Gasteiger partial charge in [-0.3, -0.25) is 9.89 Å². The number of H-pyrrole nitrogens is 1. The molecule has 5 heteroatoms. The Hall–Kier alpha value is -2.17. The van der Waals surface area contributed by atoms with Gasteiger partial charge in [-0.15, -0.1) is 5.10 Å². The molecule has 0 spiro atoms. The van der Waals surface area contributed by atoms with Gasteiger partial charge in [0.2, 0.25) is 5.82 Å². The molecule has 0 radical (unpaired) electrons. The number of amides is 1. The maximum Gasteiger partial charge on any atom is 0.288 e. The molecule has 0 aliphatic carbocycles. The van der Waals surface area contributed by atoms with Crippen LogP contribution in [0.2, 0.25) is 0 Å². The van der Waals surface area contributed by atoms with Gasteiger partial charge in [0.15, 0.2) is 0 Å². The van der Waals surface area contributed by atoms with E-state index in [0.29, 0.717) is 12.2 Å². The summed E-state index contributed by atoms with van der Waals surface area (Å²) in [6.07, 6.45) is 8.06. The fourth-order valence-electron chi connectivity index (χ4n) is 0.964. The number of primary amides is 1. The Labute approximate surface area is 93.8 Å². The summed E-state index contributed by atoms with van der Waals surface area (Å²) < 4.78 is 0. The van der Waals surface area contributed by atoms with Gasteiger partial charge in [0.05, 0.1) is 0 Å². The van der Waals surface area contributed by atoms with Crippen molar-refractivity contribution in [3.05, 3.63) is 48.1 Å². The van der Waals surface area contributed by atoms with Crippen molar-refractivity contribution in [1.82, 2.24) is 15.2 Å². The highest BCUT2D eigenvalue weighted by atomic mass is 16.1. The Morgan fingerprint density at radius 2 is 2.38 bits per heavy atom. The standard InChI is InChI=1S/C11H14N4O/c1-3-8(2)6-4-5-7-9-13-11(10(12)16)15-14-9/h3-6H,1,7H2,2H3,(H2,12,16)(H,13,14,15)/b5-4-,8-6-. The monoisotopic (exact) mass is 218 g/mol. The molecule has 5 nitrogen and oxygen atoms in total. The summed E-state index contributed by atoms with van der Waals surface area (Å²) in [6.45, 7) is 5.59. The maximum atomic E-state index is 10.7.